The molecule has 4 heteroatoms. The van der Waals surface area contributed by atoms with E-state index in [1.165, 1.54) is 9.88 Å². The molecular formula is C12H23N3S. The molecule has 3 N–H and O–H groups in total. The number of hydrogen-bond donors (Lipinski definition) is 2. The summed E-state index contributed by atoms with van der Waals surface area (Å²) >= 11 is 1.78. The van der Waals surface area contributed by atoms with Gasteiger partial charge in [-0.25, -0.2) is 4.98 Å². The fourth-order valence-corrected chi connectivity index (χ4v) is 2.78. The van der Waals surface area contributed by atoms with Gasteiger partial charge in [-0.2, -0.15) is 0 Å². The van der Waals surface area contributed by atoms with Gasteiger partial charge in [0.25, 0.3) is 0 Å². The topological polar surface area (TPSA) is 50.9 Å². The van der Waals surface area contributed by atoms with Crippen LogP contribution in [0.1, 0.15) is 42.8 Å². The Morgan fingerprint density at radius 1 is 1.38 bits per heavy atom. The second-order valence-corrected chi connectivity index (χ2v) is 6.87. The smallest absolute Gasteiger partial charge is 0.0946 e. The van der Waals surface area contributed by atoms with Crippen LogP contribution in [0.25, 0.3) is 0 Å². The Morgan fingerprint density at radius 3 is 2.38 bits per heavy atom. The third-order valence-corrected chi connectivity index (χ3v) is 3.68. The lowest BCUT2D eigenvalue weighted by Gasteiger charge is -2.24. The molecule has 0 bridgehead atoms. The molecule has 1 rings (SSSR count). The first-order chi connectivity index (χ1) is 7.31. The minimum absolute atomic E-state index is 0.290. The number of nitrogens with zero attached hydrogens (tertiary/aromatic N) is 1. The van der Waals surface area contributed by atoms with Gasteiger partial charge in [-0.3, -0.25) is 11.3 Å². The van der Waals surface area contributed by atoms with Crippen LogP contribution in [0.5, 0.6) is 0 Å². The van der Waals surface area contributed by atoms with Gasteiger partial charge in [-0.15, -0.1) is 11.3 Å². The number of nitrogens with two attached hydrogens (primary N) is 1. The summed E-state index contributed by atoms with van der Waals surface area (Å²) in [5, 5.41) is 1.18. The molecule has 0 radical (unpaired) electrons. The molecule has 1 heterocycles. The van der Waals surface area contributed by atoms with Gasteiger partial charge in [0.1, 0.15) is 0 Å². The summed E-state index contributed by atoms with van der Waals surface area (Å²) in [6, 6.07) is 0.310. The number of aromatic nitrogens is 1. The maximum Gasteiger partial charge on any atom is 0.0946 e. The van der Waals surface area contributed by atoms with Crippen LogP contribution in [0.2, 0.25) is 0 Å². The maximum atomic E-state index is 5.60. The highest BCUT2D eigenvalue weighted by Crippen LogP contribution is 2.24. The normalized spacial score (nSPS) is 14.1. The van der Waals surface area contributed by atoms with Crippen LogP contribution in [0.4, 0.5) is 0 Å². The summed E-state index contributed by atoms with van der Waals surface area (Å²) in [7, 11) is 0. The van der Waals surface area contributed by atoms with Crippen molar-refractivity contribution in [3.8, 4) is 0 Å². The molecule has 0 aliphatic carbocycles. The van der Waals surface area contributed by atoms with Crippen molar-refractivity contribution in [1.82, 2.24) is 10.4 Å². The number of aryl methyl sites for hydroxylation is 2. The van der Waals surface area contributed by atoms with Gasteiger partial charge in [0.05, 0.1) is 10.7 Å². The van der Waals surface area contributed by atoms with E-state index in [0.717, 1.165) is 18.5 Å². The molecule has 1 atom stereocenters. The van der Waals surface area contributed by atoms with Crippen LogP contribution in [0, 0.1) is 19.3 Å². The van der Waals surface area contributed by atoms with Crippen molar-refractivity contribution >= 4 is 11.3 Å². The van der Waals surface area contributed by atoms with E-state index in [9.17, 15) is 0 Å². The largest absolute Gasteiger partial charge is 0.271 e. The van der Waals surface area contributed by atoms with Crippen LogP contribution in [-0.2, 0) is 6.42 Å². The zero-order chi connectivity index (χ0) is 12.3. The molecule has 3 nitrogen and oxygen atoms in total. The molecule has 1 aromatic heterocycles. The van der Waals surface area contributed by atoms with Crippen molar-refractivity contribution in [1.29, 1.82) is 0 Å². The molecule has 0 saturated heterocycles. The van der Waals surface area contributed by atoms with E-state index in [1.54, 1.807) is 11.3 Å². The van der Waals surface area contributed by atoms with Gasteiger partial charge >= 0.3 is 0 Å². The van der Waals surface area contributed by atoms with Gasteiger partial charge in [-0.1, -0.05) is 20.8 Å². The molecular weight excluding hydrogens is 218 g/mol. The van der Waals surface area contributed by atoms with Gasteiger partial charge in [-0.05, 0) is 25.7 Å². The molecule has 1 unspecified atom stereocenters. The van der Waals surface area contributed by atoms with E-state index in [4.69, 9.17) is 5.84 Å². The highest BCUT2D eigenvalue weighted by atomic mass is 32.1. The van der Waals surface area contributed by atoms with Gasteiger partial charge in [0, 0.05) is 17.3 Å². The fourth-order valence-electron chi connectivity index (χ4n) is 1.77. The Labute approximate surface area is 102 Å². The second-order valence-electron chi connectivity index (χ2n) is 5.58. The van der Waals surface area contributed by atoms with Crippen LogP contribution in [0.15, 0.2) is 0 Å². The lowest BCUT2D eigenvalue weighted by Crippen LogP contribution is -2.39. The van der Waals surface area contributed by atoms with Crippen molar-refractivity contribution < 1.29 is 0 Å². The standard InChI is InChI=1S/C12H23N3S/c1-8-9(2)16-11(14-8)6-10(15-13)7-12(3,4)5/h10,15H,6-7,13H2,1-5H3. The van der Waals surface area contributed by atoms with Crippen molar-refractivity contribution in [2.45, 2.75) is 53.5 Å². The number of rotatable bonds is 4. The van der Waals surface area contributed by atoms with E-state index in [-0.39, 0.29) is 0 Å². The highest BCUT2D eigenvalue weighted by molar-refractivity contribution is 7.11. The molecule has 1 aromatic rings. The van der Waals surface area contributed by atoms with Crippen LogP contribution >= 0.6 is 11.3 Å². The Bertz CT molecular complexity index is 319. The minimum Gasteiger partial charge on any atom is -0.271 e. The first-order valence-corrected chi connectivity index (χ1v) is 6.52. The zero-order valence-electron chi connectivity index (χ0n) is 10.9. The molecule has 0 fully saturated rings. The molecule has 0 aliphatic heterocycles. The number of hydrazine groups is 1. The summed E-state index contributed by atoms with van der Waals surface area (Å²) in [5.74, 6) is 5.60. The zero-order valence-corrected chi connectivity index (χ0v) is 11.7. The van der Waals surface area contributed by atoms with Gasteiger partial charge in [0.15, 0.2) is 0 Å². The number of hydrogen-bond acceptors (Lipinski definition) is 4. The molecule has 0 spiro atoms. The van der Waals surface area contributed by atoms with Crippen molar-refractivity contribution in [3.05, 3.63) is 15.6 Å². The first-order valence-electron chi connectivity index (χ1n) is 5.71. The van der Waals surface area contributed by atoms with E-state index < -0.39 is 0 Å². The Balaban J connectivity index is 2.63. The summed E-state index contributed by atoms with van der Waals surface area (Å²) < 4.78 is 0. The van der Waals surface area contributed by atoms with Crippen LogP contribution in [0.3, 0.4) is 0 Å². The number of nitrogens with one attached hydrogen (secondary N) is 1. The van der Waals surface area contributed by atoms with E-state index in [2.05, 4.69) is 45.0 Å². The van der Waals surface area contributed by atoms with Crippen molar-refractivity contribution in [3.63, 3.8) is 0 Å². The van der Waals surface area contributed by atoms with Gasteiger partial charge in [0.2, 0.25) is 0 Å². The van der Waals surface area contributed by atoms with Crippen molar-refractivity contribution in [2.24, 2.45) is 11.3 Å². The summed E-state index contributed by atoms with van der Waals surface area (Å²) in [5.41, 5.74) is 4.34. The Hall–Kier alpha value is -0.450. The lowest BCUT2D eigenvalue weighted by atomic mass is 9.87. The Kier molecular flexibility index (Phi) is 4.47. The van der Waals surface area contributed by atoms with Crippen molar-refractivity contribution in [2.75, 3.05) is 0 Å². The molecule has 16 heavy (non-hydrogen) atoms. The Morgan fingerprint density at radius 2 is 2.00 bits per heavy atom. The summed E-state index contributed by atoms with van der Waals surface area (Å²) in [4.78, 5) is 5.86. The van der Waals surface area contributed by atoms with Crippen LogP contribution < -0.4 is 11.3 Å². The molecule has 0 saturated carbocycles. The first kappa shape index (κ1) is 13.6. The molecule has 0 aromatic carbocycles. The quantitative estimate of drug-likeness (QED) is 0.629. The monoisotopic (exact) mass is 241 g/mol. The second kappa shape index (κ2) is 5.25. The SMILES string of the molecule is Cc1nc(CC(CC(C)(C)C)NN)sc1C. The molecule has 0 amide bonds. The van der Waals surface area contributed by atoms with Gasteiger partial charge < -0.3 is 0 Å². The van der Waals surface area contributed by atoms with Crippen LogP contribution in [-0.4, -0.2) is 11.0 Å². The number of thiazole rings is 1. The summed E-state index contributed by atoms with van der Waals surface area (Å²) in [6.45, 7) is 10.9. The van der Waals surface area contributed by atoms with E-state index in [1.807, 2.05) is 0 Å². The maximum absolute atomic E-state index is 5.60. The lowest BCUT2D eigenvalue weighted by molar-refractivity contribution is 0.308. The fraction of sp³-hybridized carbons (Fsp3) is 0.750. The van der Waals surface area contributed by atoms with E-state index >= 15 is 0 Å². The summed E-state index contributed by atoms with van der Waals surface area (Å²) in [6.07, 6.45) is 1.98. The molecule has 0 aliphatic rings. The highest BCUT2D eigenvalue weighted by Gasteiger charge is 2.19. The van der Waals surface area contributed by atoms with E-state index in [0.29, 0.717) is 11.5 Å². The molecule has 92 valence electrons. The minimum atomic E-state index is 0.290. The average Bonchev–Trinajstić information content (AvgIpc) is 2.42. The third-order valence-electron chi connectivity index (χ3n) is 2.59. The third kappa shape index (κ3) is 4.20. The average molecular weight is 241 g/mol. The predicted molar refractivity (Wildman–Crippen MR) is 70.5 cm³/mol. The predicted octanol–water partition coefficient (Wildman–Crippen LogP) is 2.57.